The van der Waals surface area contributed by atoms with Crippen molar-refractivity contribution >= 4 is 11.8 Å². The number of hydrogen-bond acceptors (Lipinski definition) is 3. The molecule has 0 unspecified atom stereocenters. The molecule has 0 aliphatic heterocycles. The lowest BCUT2D eigenvalue weighted by atomic mass is 10.0. The molecule has 1 aromatic carbocycles. The van der Waals surface area contributed by atoms with Gasteiger partial charge in [-0.05, 0) is 30.4 Å². The molecule has 0 radical (unpaired) electrons. The standard InChI is InChI=1S/C14H12N2S/c1-10-3-5-11(6-4-10)12-7-8-16-13(9-15)14(12)17-2/h3-8H,1-2H3. The Kier molecular flexibility index (Phi) is 3.46. The largest absolute Gasteiger partial charge is 0.244 e. The summed E-state index contributed by atoms with van der Waals surface area (Å²) in [6, 6.07) is 12.4. The first kappa shape index (κ1) is 11.7. The molecule has 0 aliphatic carbocycles. The first-order valence-corrected chi connectivity index (χ1v) is 6.49. The maximum absolute atomic E-state index is 9.04. The second kappa shape index (κ2) is 5.03. The Labute approximate surface area is 105 Å². The highest BCUT2D eigenvalue weighted by molar-refractivity contribution is 7.98. The van der Waals surface area contributed by atoms with Crippen molar-refractivity contribution in [3.8, 4) is 17.2 Å². The van der Waals surface area contributed by atoms with Gasteiger partial charge in [-0.3, -0.25) is 0 Å². The summed E-state index contributed by atoms with van der Waals surface area (Å²) < 4.78 is 0. The normalized spacial score (nSPS) is 9.94. The van der Waals surface area contributed by atoms with Gasteiger partial charge in [-0.25, -0.2) is 4.98 Å². The van der Waals surface area contributed by atoms with Crippen molar-refractivity contribution in [3.63, 3.8) is 0 Å². The summed E-state index contributed by atoms with van der Waals surface area (Å²) in [5.74, 6) is 0. The summed E-state index contributed by atoms with van der Waals surface area (Å²) in [4.78, 5) is 5.03. The fourth-order valence-corrected chi connectivity index (χ4v) is 2.39. The molecule has 2 aromatic rings. The maximum atomic E-state index is 9.04. The molecule has 0 saturated heterocycles. The number of nitrogens with zero attached hydrogens (tertiary/aromatic N) is 2. The van der Waals surface area contributed by atoms with Crippen LogP contribution in [-0.2, 0) is 0 Å². The Hall–Kier alpha value is -1.79. The molecule has 2 nitrogen and oxygen atoms in total. The van der Waals surface area contributed by atoms with Crippen LogP contribution in [0.25, 0.3) is 11.1 Å². The fourth-order valence-electron chi connectivity index (χ4n) is 1.69. The minimum absolute atomic E-state index is 0.496. The molecule has 3 heteroatoms. The molecular weight excluding hydrogens is 228 g/mol. The van der Waals surface area contributed by atoms with Crippen molar-refractivity contribution in [2.75, 3.05) is 6.26 Å². The van der Waals surface area contributed by atoms with E-state index in [2.05, 4.69) is 42.2 Å². The van der Waals surface area contributed by atoms with E-state index in [0.29, 0.717) is 5.69 Å². The van der Waals surface area contributed by atoms with Crippen LogP contribution in [-0.4, -0.2) is 11.2 Å². The van der Waals surface area contributed by atoms with Crippen molar-refractivity contribution in [1.82, 2.24) is 4.98 Å². The SMILES string of the molecule is CSc1c(-c2ccc(C)cc2)ccnc1C#N. The summed E-state index contributed by atoms with van der Waals surface area (Å²) in [6.07, 6.45) is 3.66. The molecule has 0 N–H and O–H groups in total. The van der Waals surface area contributed by atoms with Gasteiger partial charge in [0.15, 0.2) is 5.69 Å². The van der Waals surface area contributed by atoms with Gasteiger partial charge < -0.3 is 0 Å². The highest BCUT2D eigenvalue weighted by Gasteiger charge is 2.09. The van der Waals surface area contributed by atoms with Gasteiger partial charge in [0.05, 0.1) is 4.90 Å². The van der Waals surface area contributed by atoms with E-state index in [-0.39, 0.29) is 0 Å². The number of thioether (sulfide) groups is 1. The van der Waals surface area contributed by atoms with Crippen LogP contribution >= 0.6 is 11.8 Å². The van der Waals surface area contributed by atoms with Crippen molar-refractivity contribution in [2.24, 2.45) is 0 Å². The van der Waals surface area contributed by atoms with Crippen molar-refractivity contribution in [1.29, 1.82) is 5.26 Å². The molecular formula is C14H12N2S. The molecule has 84 valence electrons. The molecule has 0 fully saturated rings. The molecule has 1 heterocycles. The van der Waals surface area contributed by atoms with Crippen molar-refractivity contribution in [3.05, 3.63) is 47.8 Å². The summed E-state index contributed by atoms with van der Waals surface area (Å²) in [6.45, 7) is 2.06. The molecule has 0 aliphatic rings. The van der Waals surface area contributed by atoms with Crippen LogP contribution in [0.4, 0.5) is 0 Å². The van der Waals surface area contributed by atoms with Crippen molar-refractivity contribution < 1.29 is 0 Å². The number of aromatic nitrogens is 1. The monoisotopic (exact) mass is 240 g/mol. The highest BCUT2D eigenvalue weighted by atomic mass is 32.2. The van der Waals surface area contributed by atoms with Gasteiger partial charge in [0.2, 0.25) is 0 Å². The lowest BCUT2D eigenvalue weighted by Gasteiger charge is -2.08. The quantitative estimate of drug-likeness (QED) is 0.752. The zero-order chi connectivity index (χ0) is 12.3. The third-order valence-corrected chi connectivity index (χ3v) is 3.40. The molecule has 0 amide bonds. The zero-order valence-corrected chi connectivity index (χ0v) is 10.6. The van der Waals surface area contributed by atoms with Crippen LogP contribution in [0.5, 0.6) is 0 Å². The van der Waals surface area contributed by atoms with Crippen molar-refractivity contribution in [2.45, 2.75) is 11.8 Å². The van der Waals surface area contributed by atoms with Gasteiger partial charge >= 0.3 is 0 Å². The Morgan fingerprint density at radius 2 is 1.88 bits per heavy atom. The van der Waals surface area contributed by atoms with Crippen LogP contribution in [0.1, 0.15) is 11.3 Å². The van der Waals surface area contributed by atoms with Gasteiger partial charge in [-0.1, -0.05) is 29.8 Å². The summed E-state index contributed by atoms with van der Waals surface area (Å²) in [5, 5.41) is 9.04. The van der Waals surface area contributed by atoms with Gasteiger partial charge in [-0.15, -0.1) is 11.8 Å². The van der Waals surface area contributed by atoms with Crippen LogP contribution in [0, 0.1) is 18.3 Å². The first-order chi connectivity index (χ1) is 8.26. The fraction of sp³-hybridized carbons (Fsp3) is 0.143. The van der Waals surface area contributed by atoms with Crippen LogP contribution in [0.15, 0.2) is 41.4 Å². The molecule has 2 rings (SSSR count). The Balaban J connectivity index is 2.59. The third kappa shape index (κ3) is 2.32. The molecule has 0 spiro atoms. The smallest absolute Gasteiger partial charge is 0.154 e. The van der Waals surface area contributed by atoms with Crippen LogP contribution < -0.4 is 0 Å². The number of benzene rings is 1. The Morgan fingerprint density at radius 1 is 1.18 bits per heavy atom. The number of aryl methyl sites for hydroxylation is 1. The van der Waals surface area contributed by atoms with E-state index in [1.165, 1.54) is 5.56 Å². The summed E-state index contributed by atoms with van der Waals surface area (Å²) >= 11 is 1.56. The van der Waals surface area contributed by atoms with E-state index in [4.69, 9.17) is 5.26 Å². The average molecular weight is 240 g/mol. The van der Waals surface area contributed by atoms with E-state index in [9.17, 15) is 0 Å². The summed E-state index contributed by atoms with van der Waals surface area (Å²) in [7, 11) is 0. The molecule has 0 saturated carbocycles. The van der Waals surface area contributed by atoms with Gasteiger partial charge in [-0.2, -0.15) is 5.26 Å². The van der Waals surface area contributed by atoms with E-state index in [1.807, 2.05) is 12.3 Å². The maximum Gasteiger partial charge on any atom is 0.154 e. The topological polar surface area (TPSA) is 36.7 Å². The molecule has 0 bridgehead atoms. The van der Waals surface area contributed by atoms with Crippen LogP contribution in [0.3, 0.4) is 0 Å². The lowest BCUT2D eigenvalue weighted by Crippen LogP contribution is -1.90. The minimum Gasteiger partial charge on any atom is -0.244 e. The predicted octanol–water partition coefficient (Wildman–Crippen LogP) is 3.65. The van der Waals surface area contributed by atoms with E-state index in [1.54, 1.807) is 18.0 Å². The lowest BCUT2D eigenvalue weighted by molar-refractivity contribution is 1.18. The number of rotatable bonds is 2. The molecule has 17 heavy (non-hydrogen) atoms. The summed E-state index contributed by atoms with van der Waals surface area (Å²) in [5.41, 5.74) is 3.92. The minimum atomic E-state index is 0.496. The zero-order valence-electron chi connectivity index (χ0n) is 9.77. The second-order valence-corrected chi connectivity index (χ2v) is 4.53. The van der Waals surface area contributed by atoms with Gasteiger partial charge in [0.25, 0.3) is 0 Å². The van der Waals surface area contributed by atoms with Crippen LogP contribution in [0.2, 0.25) is 0 Å². The number of pyridine rings is 1. The van der Waals surface area contributed by atoms with E-state index in [0.717, 1.165) is 16.0 Å². The Bertz CT molecular complexity index is 568. The van der Waals surface area contributed by atoms with Gasteiger partial charge in [0, 0.05) is 6.20 Å². The van der Waals surface area contributed by atoms with E-state index >= 15 is 0 Å². The number of nitriles is 1. The second-order valence-electron chi connectivity index (χ2n) is 3.72. The Morgan fingerprint density at radius 3 is 2.47 bits per heavy atom. The van der Waals surface area contributed by atoms with E-state index < -0.39 is 0 Å². The molecule has 0 atom stereocenters. The van der Waals surface area contributed by atoms with Gasteiger partial charge in [0.1, 0.15) is 6.07 Å². The first-order valence-electron chi connectivity index (χ1n) is 5.26. The molecule has 1 aromatic heterocycles. The predicted molar refractivity (Wildman–Crippen MR) is 70.9 cm³/mol. The third-order valence-electron chi connectivity index (χ3n) is 2.58. The highest BCUT2D eigenvalue weighted by Crippen LogP contribution is 2.31. The number of hydrogen-bond donors (Lipinski definition) is 0. The average Bonchev–Trinajstić information content (AvgIpc) is 2.38.